The van der Waals surface area contributed by atoms with Crippen molar-refractivity contribution in [1.82, 2.24) is 15.2 Å². The van der Waals surface area contributed by atoms with Gasteiger partial charge >= 0.3 is 0 Å². The summed E-state index contributed by atoms with van der Waals surface area (Å²) in [6.45, 7) is 6.01. The molecule has 206 valence electrons. The van der Waals surface area contributed by atoms with E-state index in [-0.39, 0.29) is 16.5 Å². The highest BCUT2D eigenvalue weighted by Crippen LogP contribution is 2.45. The van der Waals surface area contributed by atoms with Crippen molar-refractivity contribution in [2.75, 3.05) is 11.5 Å². The molecule has 0 bridgehead atoms. The van der Waals surface area contributed by atoms with Crippen molar-refractivity contribution in [1.29, 1.82) is 0 Å². The molecule has 1 aliphatic rings. The number of aliphatic hydroxyl groups is 1. The van der Waals surface area contributed by atoms with Crippen LogP contribution in [0.15, 0.2) is 64.2 Å². The van der Waals surface area contributed by atoms with Gasteiger partial charge in [0.1, 0.15) is 11.6 Å². The fraction of sp³-hybridized carbons (Fsp3) is 0.250. The quantitative estimate of drug-likeness (QED) is 0.124. The molecule has 0 aliphatic carbocycles. The second-order valence-electron chi connectivity index (χ2n) is 8.97. The third kappa shape index (κ3) is 5.51. The maximum absolute atomic E-state index is 14.1. The maximum Gasteiger partial charge on any atom is 0.296 e. The molecule has 4 aromatic rings. The first-order valence-corrected chi connectivity index (χ1v) is 15.1. The zero-order valence-electron chi connectivity index (χ0n) is 21.9. The number of hydrogen-bond donors (Lipinski definition) is 1. The summed E-state index contributed by atoms with van der Waals surface area (Å²) in [5.41, 5.74) is 1.56. The van der Waals surface area contributed by atoms with E-state index >= 15 is 0 Å². The monoisotopic (exact) mass is 596 g/mol. The third-order valence-electron chi connectivity index (χ3n) is 6.12. The molecule has 0 spiro atoms. The topological polar surface area (TPSA) is 106 Å². The van der Waals surface area contributed by atoms with Crippen LogP contribution in [0.4, 0.5) is 9.52 Å². The number of aryl methyl sites for hydroxylation is 2. The summed E-state index contributed by atoms with van der Waals surface area (Å²) in [6.07, 6.45) is 0.810. The Bertz CT molecular complexity index is 1620. The number of benzene rings is 2. The summed E-state index contributed by atoms with van der Waals surface area (Å²) >= 11 is 3.62. The summed E-state index contributed by atoms with van der Waals surface area (Å²) in [6, 6.07) is 12.6. The average Bonchev–Trinajstić information content (AvgIpc) is 3.62. The number of carbonyl (C=O) groups excluding carboxylic acids is 2. The van der Waals surface area contributed by atoms with E-state index in [1.165, 1.54) is 34.1 Å². The lowest BCUT2D eigenvalue weighted by molar-refractivity contribution is -0.117. The van der Waals surface area contributed by atoms with E-state index in [4.69, 9.17) is 4.74 Å². The molecular weight excluding hydrogens is 572 g/mol. The number of aromatic nitrogens is 3. The van der Waals surface area contributed by atoms with Gasteiger partial charge in [0.15, 0.2) is 10.1 Å². The molecule has 1 aliphatic heterocycles. The van der Waals surface area contributed by atoms with E-state index in [0.29, 0.717) is 49.2 Å². The summed E-state index contributed by atoms with van der Waals surface area (Å²) in [4.78, 5) is 33.3. The number of thiazole rings is 1. The van der Waals surface area contributed by atoms with Crippen molar-refractivity contribution in [3.05, 3.63) is 92.4 Å². The van der Waals surface area contributed by atoms with Crippen LogP contribution in [-0.2, 0) is 10.5 Å². The molecule has 2 aromatic heterocycles. The molecular formula is C28H25FN4O4S3. The highest BCUT2D eigenvalue weighted by atomic mass is 32.2. The predicted molar refractivity (Wildman–Crippen MR) is 154 cm³/mol. The highest BCUT2D eigenvalue weighted by Gasteiger charge is 2.46. The number of anilines is 1. The van der Waals surface area contributed by atoms with E-state index in [1.54, 1.807) is 56.3 Å². The molecule has 3 heterocycles. The first-order valence-electron chi connectivity index (χ1n) is 12.5. The van der Waals surface area contributed by atoms with E-state index in [2.05, 4.69) is 15.2 Å². The largest absolute Gasteiger partial charge is 0.503 e. The van der Waals surface area contributed by atoms with Crippen LogP contribution < -0.4 is 9.64 Å². The van der Waals surface area contributed by atoms with Gasteiger partial charge in [-0.2, -0.15) is 0 Å². The third-order valence-corrected chi connectivity index (χ3v) is 9.30. The molecule has 2 aromatic carbocycles. The van der Waals surface area contributed by atoms with Crippen molar-refractivity contribution in [3.8, 4) is 5.75 Å². The van der Waals surface area contributed by atoms with Crippen molar-refractivity contribution in [3.63, 3.8) is 0 Å². The number of nitrogens with zero attached hydrogens (tertiary/aromatic N) is 4. The number of rotatable bonds is 10. The summed E-state index contributed by atoms with van der Waals surface area (Å²) in [7, 11) is 0. The molecule has 8 nitrogen and oxygen atoms in total. The van der Waals surface area contributed by atoms with Gasteiger partial charge in [-0.05, 0) is 49.6 Å². The fourth-order valence-corrected chi connectivity index (χ4v) is 7.05. The van der Waals surface area contributed by atoms with Gasteiger partial charge in [0, 0.05) is 5.75 Å². The van der Waals surface area contributed by atoms with Gasteiger partial charge in [-0.1, -0.05) is 60.4 Å². The molecule has 1 N–H and O–H groups in total. The number of hydrogen-bond acceptors (Lipinski definition) is 10. The average molecular weight is 597 g/mol. The molecule has 12 heteroatoms. The smallest absolute Gasteiger partial charge is 0.296 e. The van der Waals surface area contributed by atoms with Crippen LogP contribution in [0.25, 0.3) is 0 Å². The highest BCUT2D eigenvalue weighted by molar-refractivity contribution is 8.00. The lowest BCUT2D eigenvalue weighted by Crippen LogP contribution is -2.31. The first kappa shape index (κ1) is 27.9. The van der Waals surface area contributed by atoms with Crippen LogP contribution in [-0.4, -0.2) is 38.6 Å². The minimum absolute atomic E-state index is 0.0554. The van der Waals surface area contributed by atoms with Crippen molar-refractivity contribution in [2.24, 2.45) is 0 Å². The predicted octanol–water partition coefficient (Wildman–Crippen LogP) is 6.61. The fourth-order valence-electron chi connectivity index (χ4n) is 4.32. The van der Waals surface area contributed by atoms with Gasteiger partial charge in [-0.25, -0.2) is 9.37 Å². The molecule has 1 atom stereocenters. The first-order chi connectivity index (χ1) is 19.3. The Labute approximate surface area is 242 Å². The Morgan fingerprint density at radius 3 is 2.67 bits per heavy atom. The standard InChI is InChI=1S/C28H25FN4O4S3/c1-4-12-37-19-10-7-9-17(13-19)22-21(23(34)25-15(2)30-16(3)39-25)24(35)26(36)33(22)27-31-32-28(40-27)38-14-18-8-5-6-11-20(18)29/h5-11,13,22,35H,4,12,14H2,1-3H3. The SMILES string of the molecule is CCCOc1cccc(C2C(C(=O)c3sc(C)nc3C)=C(O)C(=O)N2c2nnc(SCc3ccccc3F)s2)c1. The van der Waals surface area contributed by atoms with Gasteiger partial charge < -0.3 is 9.84 Å². The molecule has 5 rings (SSSR count). The molecule has 0 saturated carbocycles. The molecule has 0 radical (unpaired) electrons. The van der Waals surface area contributed by atoms with Crippen LogP contribution in [0.3, 0.4) is 0 Å². The minimum atomic E-state index is -0.968. The zero-order valence-corrected chi connectivity index (χ0v) is 24.3. The summed E-state index contributed by atoms with van der Waals surface area (Å²) in [5.74, 6) is -1.28. The number of amides is 1. The second kappa shape index (κ2) is 11.9. The number of ether oxygens (including phenoxy) is 1. The summed E-state index contributed by atoms with van der Waals surface area (Å²) < 4.78 is 20.4. The van der Waals surface area contributed by atoms with Crippen LogP contribution in [0.1, 0.15) is 50.9 Å². The normalized spacial score (nSPS) is 15.2. The van der Waals surface area contributed by atoms with Gasteiger partial charge in [-0.15, -0.1) is 21.5 Å². The minimum Gasteiger partial charge on any atom is -0.503 e. The molecule has 40 heavy (non-hydrogen) atoms. The molecule has 0 fully saturated rings. The van der Waals surface area contributed by atoms with Crippen LogP contribution in [0, 0.1) is 19.7 Å². The van der Waals surface area contributed by atoms with Crippen LogP contribution in [0.5, 0.6) is 5.75 Å². The lowest BCUT2D eigenvalue weighted by atomic mass is 9.95. The molecule has 1 unspecified atom stereocenters. The number of Topliss-reactive ketones (excluding diaryl/α,β-unsaturated/α-hetero) is 1. The second-order valence-corrected chi connectivity index (χ2v) is 12.3. The van der Waals surface area contributed by atoms with Crippen molar-refractivity contribution < 1.29 is 23.8 Å². The van der Waals surface area contributed by atoms with Gasteiger partial charge in [0.25, 0.3) is 5.91 Å². The number of thioether (sulfide) groups is 1. The Kier molecular flexibility index (Phi) is 8.29. The van der Waals surface area contributed by atoms with E-state index in [9.17, 15) is 19.1 Å². The maximum atomic E-state index is 14.1. The number of aliphatic hydroxyl groups excluding tert-OH is 1. The van der Waals surface area contributed by atoms with E-state index < -0.39 is 23.5 Å². The Hall–Kier alpha value is -3.61. The van der Waals surface area contributed by atoms with Crippen LogP contribution in [0.2, 0.25) is 0 Å². The van der Waals surface area contributed by atoms with Crippen molar-refractivity contribution >= 4 is 51.3 Å². The number of carbonyl (C=O) groups is 2. The molecule has 0 saturated heterocycles. The Morgan fingerprint density at radius 1 is 1.15 bits per heavy atom. The Balaban J connectivity index is 1.53. The summed E-state index contributed by atoms with van der Waals surface area (Å²) in [5, 5.41) is 20.4. The van der Waals surface area contributed by atoms with Gasteiger partial charge in [0.05, 0.1) is 33.8 Å². The van der Waals surface area contributed by atoms with Crippen molar-refractivity contribution in [2.45, 2.75) is 43.3 Å². The number of ketones is 1. The van der Waals surface area contributed by atoms with Gasteiger partial charge in [-0.3, -0.25) is 14.5 Å². The van der Waals surface area contributed by atoms with Crippen LogP contribution >= 0.6 is 34.4 Å². The van der Waals surface area contributed by atoms with E-state index in [1.807, 2.05) is 6.92 Å². The van der Waals surface area contributed by atoms with Gasteiger partial charge in [0.2, 0.25) is 10.9 Å². The van der Waals surface area contributed by atoms with E-state index in [0.717, 1.165) is 17.8 Å². The lowest BCUT2D eigenvalue weighted by Gasteiger charge is -2.24. The number of halogens is 1. The molecule has 1 amide bonds. The zero-order chi connectivity index (χ0) is 28.4. The Morgan fingerprint density at radius 2 is 1.95 bits per heavy atom.